The summed E-state index contributed by atoms with van der Waals surface area (Å²) in [6.07, 6.45) is 0.348. The van der Waals surface area contributed by atoms with Crippen LogP contribution >= 0.6 is 11.9 Å². The molecule has 0 radical (unpaired) electrons. The number of carbonyl (C=O) groups is 1. The molecule has 1 rings (SSSR count). The molecule has 25 heavy (non-hydrogen) atoms. The van der Waals surface area contributed by atoms with Crippen molar-refractivity contribution in [2.24, 2.45) is 0 Å². The van der Waals surface area contributed by atoms with Crippen molar-refractivity contribution < 1.29 is 24.3 Å². The molecule has 1 amide bonds. The molecule has 0 atom stereocenters. The highest BCUT2D eigenvalue weighted by Gasteiger charge is 2.24. The molecule has 0 fully saturated rings. The van der Waals surface area contributed by atoms with Crippen LogP contribution in [0.2, 0.25) is 0 Å². The smallest absolute Gasteiger partial charge is 0.408 e. The SMILES string of the molecule is COOOc1ccc(SNCCC(C)(C)NC(=O)OC(C)(C)C)cc1. The van der Waals surface area contributed by atoms with Gasteiger partial charge in [0, 0.05) is 17.0 Å². The quantitative estimate of drug-likeness (QED) is 0.295. The van der Waals surface area contributed by atoms with Crippen molar-refractivity contribution >= 4 is 18.0 Å². The van der Waals surface area contributed by atoms with Crippen LogP contribution in [0.25, 0.3) is 0 Å². The highest BCUT2D eigenvalue weighted by Crippen LogP contribution is 2.20. The van der Waals surface area contributed by atoms with E-state index in [4.69, 9.17) is 9.62 Å². The molecule has 0 aliphatic rings. The van der Waals surface area contributed by atoms with Crippen molar-refractivity contribution in [2.45, 2.75) is 57.1 Å². The maximum atomic E-state index is 11.8. The summed E-state index contributed by atoms with van der Waals surface area (Å²) in [6.45, 7) is 10.2. The number of rotatable bonds is 9. The first kappa shape index (κ1) is 21.6. The minimum Gasteiger partial charge on any atom is -0.444 e. The zero-order valence-electron chi connectivity index (χ0n) is 15.7. The monoisotopic (exact) mass is 372 g/mol. The average molecular weight is 372 g/mol. The second kappa shape index (κ2) is 9.86. The van der Waals surface area contributed by atoms with Crippen LogP contribution in [0, 0.1) is 0 Å². The number of nitrogens with one attached hydrogen (secondary N) is 2. The van der Waals surface area contributed by atoms with Crippen LogP contribution < -0.4 is 14.9 Å². The predicted molar refractivity (Wildman–Crippen MR) is 97.1 cm³/mol. The normalized spacial score (nSPS) is 11.9. The maximum absolute atomic E-state index is 11.8. The van der Waals surface area contributed by atoms with Crippen LogP contribution in [0.1, 0.15) is 41.0 Å². The molecule has 0 saturated heterocycles. The summed E-state index contributed by atoms with van der Waals surface area (Å²) < 4.78 is 8.55. The van der Waals surface area contributed by atoms with E-state index in [-0.39, 0.29) is 5.54 Å². The van der Waals surface area contributed by atoms with Crippen molar-refractivity contribution in [1.29, 1.82) is 0 Å². The number of amides is 1. The van der Waals surface area contributed by atoms with Crippen LogP contribution in [0.15, 0.2) is 29.2 Å². The van der Waals surface area contributed by atoms with Crippen molar-refractivity contribution in [3.8, 4) is 5.75 Å². The van der Waals surface area contributed by atoms with Gasteiger partial charge in [0.15, 0.2) is 5.75 Å². The number of carbonyl (C=O) groups excluding carboxylic acids is 1. The summed E-state index contributed by atoms with van der Waals surface area (Å²) in [5.41, 5.74) is -0.872. The molecule has 0 aliphatic carbocycles. The van der Waals surface area contributed by atoms with Gasteiger partial charge in [0.25, 0.3) is 0 Å². The second-order valence-electron chi connectivity index (χ2n) is 7.05. The lowest BCUT2D eigenvalue weighted by Crippen LogP contribution is -2.46. The molecule has 7 nitrogen and oxygen atoms in total. The number of benzene rings is 1. The molecule has 0 saturated carbocycles. The average Bonchev–Trinajstić information content (AvgIpc) is 2.48. The summed E-state index contributed by atoms with van der Waals surface area (Å²) in [6, 6.07) is 7.35. The second-order valence-corrected chi connectivity index (χ2v) is 8.01. The van der Waals surface area contributed by atoms with Gasteiger partial charge in [-0.2, -0.15) is 4.89 Å². The van der Waals surface area contributed by atoms with E-state index < -0.39 is 11.7 Å². The summed E-state index contributed by atoms with van der Waals surface area (Å²) in [4.78, 5) is 22.1. The van der Waals surface area contributed by atoms with E-state index in [1.165, 1.54) is 19.1 Å². The molecule has 0 unspecified atom stereocenters. The van der Waals surface area contributed by atoms with Crippen molar-refractivity contribution in [3.63, 3.8) is 0 Å². The molecule has 0 aliphatic heterocycles. The van der Waals surface area contributed by atoms with Gasteiger partial charge in [0.2, 0.25) is 0 Å². The lowest BCUT2D eigenvalue weighted by molar-refractivity contribution is -0.453. The zero-order valence-corrected chi connectivity index (χ0v) is 16.5. The van der Waals surface area contributed by atoms with Gasteiger partial charge < -0.3 is 14.9 Å². The Hall–Kier alpha value is -1.48. The molecule has 0 heterocycles. The standard InChI is InChI=1S/C17H28N2O5S/c1-16(2,3)22-15(20)19-17(4,5)11-12-18-25-14-9-7-13(8-10-14)23-24-21-6/h7-10,18H,11-12H2,1-6H3,(H,19,20). The highest BCUT2D eigenvalue weighted by atomic mass is 32.2. The third kappa shape index (κ3) is 10.2. The predicted octanol–water partition coefficient (Wildman–Crippen LogP) is 3.85. The lowest BCUT2D eigenvalue weighted by atomic mass is 10.0. The molecule has 142 valence electrons. The van der Waals surface area contributed by atoms with Crippen LogP contribution in [0.3, 0.4) is 0 Å². The summed E-state index contributed by atoms with van der Waals surface area (Å²) >= 11 is 1.50. The Balaban J connectivity index is 2.30. The molecule has 2 N–H and O–H groups in total. The van der Waals surface area contributed by atoms with E-state index in [0.717, 1.165) is 17.9 Å². The Kier molecular flexibility index (Phi) is 8.51. The van der Waals surface area contributed by atoms with Gasteiger partial charge >= 0.3 is 6.09 Å². The zero-order chi connectivity index (χ0) is 18.9. The Bertz CT molecular complexity index is 529. The fraction of sp³-hybridized carbons (Fsp3) is 0.588. The van der Waals surface area contributed by atoms with Crippen LogP contribution in [-0.4, -0.2) is 30.9 Å². The van der Waals surface area contributed by atoms with Crippen LogP contribution in [0.4, 0.5) is 4.79 Å². The Morgan fingerprint density at radius 1 is 1.12 bits per heavy atom. The van der Waals surface area contributed by atoms with E-state index in [1.54, 1.807) is 12.1 Å². The van der Waals surface area contributed by atoms with Gasteiger partial charge in [0.05, 0.1) is 7.11 Å². The number of hydrogen-bond acceptors (Lipinski definition) is 7. The Morgan fingerprint density at radius 3 is 2.32 bits per heavy atom. The molecule has 1 aromatic rings. The number of hydrogen-bond donors (Lipinski definition) is 2. The van der Waals surface area contributed by atoms with E-state index >= 15 is 0 Å². The Morgan fingerprint density at radius 2 is 1.76 bits per heavy atom. The van der Waals surface area contributed by atoms with Crippen LogP contribution in [0.5, 0.6) is 5.75 Å². The van der Waals surface area contributed by atoms with E-state index in [0.29, 0.717) is 5.75 Å². The summed E-state index contributed by atoms with van der Waals surface area (Å²) in [5, 5.41) is 7.28. The first-order valence-corrected chi connectivity index (χ1v) is 8.81. The fourth-order valence-electron chi connectivity index (χ4n) is 1.78. The highest BCUT2D eigenvalue weighted by molar-refractivity contribution is 7.97. The van der Waals surface area contributed by atoms with Gasteiger partial charge in [-0.25, -0.2) is 4.79 Å². The molecular formula is C17H28N2O5S. The fourth-order valence-corrected chi connectivity index (χ4v) is 2.42. The van der Waals surface area contributed by atoms with Crippen molar-refractivity contribution in [3.05, 3.63) is 24.3 Å². The third-order valence-corrected chi connectivity index (χ3v) is 3.76. The van der Waals surface area contributed by atoms with Gasteiger partial charge in [-0.3, -0.25) is 4.72 Å². The minimum atomic E-state index is -0.502. The lowest BCUT2D eigenvalue weighted by Gasteiger charge is -2.28. The van der Waals surface area contributed by atoms with Crippen LogP contribution in [-0.2, 0) is 14.7 Å². The maximum Gasteiger partial charge on any atom is 0.408 e. The molecular weight excluding hydrogens is 344 g/mol. The molecule has 0 bridgehead atoms. The number of ether oxygens (including phenoxy) is 1. The largest absolute Gasteiger partial charge is 0.444 e. The number of alkyl carbamates (subject to hydrolysis) is 1. The van der Waals surface area contributed by atoms with E-state index in [1.807, 2.05) is 46.8 Å². The minimum absolute atomic E-state index is 0.370. The first-order valence-electron chi connectivity index (χ1n) is 7.99. The summed E-state index contributed by atoms with van der Waals surface area (Å²) in [5.74, 6) is 0.550. The first-order chi connectivity index (χ1) is 11.6. The molecule has 8 heteroatoms. The van der Waals surface area contributed by atoms with Crippen molar-refractivity contribution in [2.75, 3.05) is 13.7 Å². The van der Waals surface area contributed by atoms with Gasteiger partial charge in [-0.15, -0.1) is 0 Å². The molecule has 1 aromatic carbocycles. The topological polar surface area (TPSA) is 78.0 Å². The van der Waals surface area contributed by atoms with E-state index in [9.17, 15) is 4.79 Å². The Labute approximate surface area is 153 Å². The van der Waals surface area contributed by atoms with Gasteiger partial charge in [-0.1, -0.05) is 0 Å². The summed E-state index contributed by atoms with van der Waals surface area (Å²) in [7, 11) is 1.37. The molecule has 0 spiro atoms. The van der Waals surface area contributed by atoms with Crippen molar-refractivity contribution in [1.82, 2.24) is 10.0 Å². The molecule has 0 aromatic heterocycles. The van der Waals surface area contributed by atoms with Gasteiger partial charge in [-0.05, 0) is 82.3 Å². The third-order valence-electron chi connectivity index (χ3n) is 2.90. The van der Waals surface area contributed by atoms with Gasteiger partial charge in [0.1, 0.15) is 5.60 Å². The van der Waals surface area contributed by atoms with E-state index in [2.05, 4.69) is 20.0 Å².